The van der Waals surface area contributed by atoms with Crippen molar-refractivity contribution in [3.63, 3.8) is 0 Å². The monoisotopic (exact) mass is 271 g/mol. The lowest BCUT2D eigenvalue weighted by atomic mass is 9.86. The Balaban J connectivity index is 4.97. The van der Waals surface area contributed by atoms with Gasteiger partial charge in [-0.15, -0.1) is 6.58 Å². The zero-order valence-corrected chi connectivity index (χ0v) is 12.5. The first-order chi connectivity index (χ1) is 8.49. The second kappa shape index (κ2) is 6.59. The lowest BCUT2D eigenvalue weighted by Gasteiger charge is -2.33. The maximum atomic E-state index is 11.8. The van der Waals surface area contributed by atoms with Crippen molar-refractivity contribution in [1.82, 2.24) is 5.32 Å². The van der Waals surface area contributed by atoms with E-state index < -0.39 is 23.2 Å². The molecular weight excluding hydrogens is 246 g/mol. The number of carbonyl (C=O) groups is 2. The van der Waals surface area contributed by atoms with Crippen molar-refractivity contribution in [3.8, 4) is 0 Å². The summed E-state index contributed by atoms with van der Waals surface area (Å²) in [6.45, 7) is 12.7. The number of nitrogens with one attached hydrogen (secondary N) is 1. The van der Waals surface area contributed by atoms with Crippen LogP contribution in [0, 0.1) is 0 Å². The maximum Gasteiger partial charge on any atom is 0.408 e. The van der Waals surface area contributed by atoms with Gasteiger partial charge in [0.15, 0.2) is 0 Å². The Morgan fingerprint density at radius 3 is 2.11 bits per heavy atom. The number of amides is 1. The molecule has 0 aromatic carbocycles. The van der Waals surface area contributed by atoms with Gasteiger partial charge in [-0.25, -0.2) is 4.79 Å². The molecule has 0 aliphatic heterocycles. The summed E-state index contributed by atoms with van der Waals surface area (Å²) in [6.07, 6.45) is 0.146. The molecule has 110 valence electrons. The highest BCUT2D eigenvalue weighted by Crippen LogP contribution is 2.24. The van der Waals surface area contributed by atoms with Gasteiger partial charge in [-0.3, -0.25) is 4.79 Å². The fraction of sp³-hybridized carbons (Fsp3) is 0.714. The van der Waals surface area contributed by atoms with E-state index in [1.165, 1.54) is 0 Å². The van der Waals surface area contributed by atoms with E-state index in [4.69, 9.17) is 9.84 Å². The number of carboxylic acids is 1. The van der Waals surface area contributed by atoms with Crippen molar-refractivity contribution in [3.05, 3.63) is 12.2 Å². The Morgan fingerprint density at radius 2 is 1.79 bits per heavy atom. The van der Waals surface area contributed by atoms with Crippen molar-refractivity contribution >= 4 is 12.1 Å². The molecule has 0 aromatic heterocycles. The standard InChI is InChI=1S/C14H25NO4/c1-7-14(8-10(2)3,9-11(16)17)15-12(18)19-13(4,5)6/h2,7-9H2,1,3-6H3,(H,15,18)(H,16,17)/t14-/m0/s1. The molecule has 0 heterocycles. The number of alkyl carbamates (subject to hydrolysis) is 1. The summed E-state index contributed by atoms with van der Waals surface area (Å²) in [5, 5.41) is 11.7. The van der Waals surface area contributed by atoms with Crippen molar-refractivity contribution in [2.75, 3.05) is 0 Å². The third-order valence-corrected chi connectivity index (χ3v) is 2.57. The van der Waals surface area contributed by atoms with Crippen LogP contribution in [0.2, 0.25) is 0 Å². The van der Waals surface area contributed by atoms with Crippen LogP contribution in [0.3, 0.4) is 0 Å². The largest absolute Gasteiger partial charge is 0.481 e. The molecule has 0 radical (unpaired) electrons. The minimum atomic E-state index is -0.959. The molecule has 0 saturated carbocycles. The molecule has 1 amide bonds. The van der Waals surface area contributed by atoms with Gasteiger partial charge in [0.25, 0.3) is 0 Å². The van der Waals surface area contributed by atoms with Crippen LogP contribution in [0.4, 0.5) is 4.79 Å². The highest BCUT2D eigenvalue weighted by Gasteiger charge is 2.34. The van der Waals surface area contributed by atoms with Gasteiger partial charge < -0.3 is 15.2 Å². The summed E-state index contributed by atoms with van der Waals surface area (Å²) in [7, 11) is 0. The van der Waals surface area contributed by atoms with E-state index in [1.54, 1.807) is 20.8 Å². The van der Waals surface area contributed by atoms with E-state index in [0.29, 0.717) is 12.8 Å². The summed E-state index contributed by atoms with van der Waals surface area (Å²) < 4.78 is 5.19. The van der Waals surface area contributed by atoms with Crippen molar-refractivity contribution in [1.29, 1.82) is 0 Å². The first-order valence-electron chi connectivity index (χ1n) is 6.37. The zero-order valence-electron chi connectivity index (χ0n) is 12.5. The molecule has 0 aromatic rings. The van der Waals surface area contributed by atoms with Crippen molar-refractivity contribution in [2.45, 2.75) is 65.0 Å². The van der Waals surface area contributed by atoms with Gasteiger partial charge >= 0.3 is 12.1 Å². The molecule has 0 aliphatic rings. The third kappa shape index (κ3) is 7.49. The predicted octanol–water partition coefficient (Wildman–Crippen LogP) is 3.10. The van der Waals surface area contributed by atoms with Gasteiger partial charge in [-0.05, 0) is 40.5 Å². The lowest BCUT2D eigenvalue weighted by Crippen LogP contribution is -2.51. The molecular formula is C14H25NO4. The molecule has 19 heavy (non-hydrogen) atoms. The number of carbonyl (C=O) groups excluding carboxylic acids is 1. The lowest BCUT2D eigenvalue weighted by molar-refractivity contribution is -0.138. The van der Waals surface area contributed by atoms with E-state index in [-0.39, 0.29) is 6.42 Å². The molecule has 5 heteroatoms. The number of carboxylic acid groups (broad SMARTS) is 1. The highest BCUT2D eigenvalue weighted by molar-refractivity contribution is 5.73. The minimum absolute atomic E-state index is 0.157. The molecule has 1 atom stereocenters. The Kier molecular flexibility index (Phi) is 6.06. The summed E-state index contributed by atoms with van der Waals surface area (Å²) in [6, 6.07) is 0. The molecule has 0 bridgehead atoms. The van der Waals surface area contributed by atoms with Crippen molar-refractivity contribution < 1.29 is 19.4 Å². The van der Waals surface area contributed by atoms with E-state index in [0.717, 1.165) is 5.57 Å². The van der Waals surface area contributed by atoms with Crippen LogP contribution < -0.4 is 5.32 Å². The van der Waals surface area contributed by atoms with Crippen LogP contribution in [0.15, 0.2) is 12.2 Å². The second-order valence-corrected chi connectivity index (χ2v) is 5.97. The van der Waals surface area contributed by atoms with Gasteiger partial charge in [0.2, 0.25) is 0 Å². The summed E-state index contributed by atoms with van der Waals surface area (Å²) in [5.74, 6) is -0.959. The van der Waals surface area contributed by atoms with E-state index in [2.05, 4.69) is 11.9 Å². The van der Waals surface area contributed by atoms with Crippen LogP contribution in [0.25, 0.3) is 0 Å². The van der Waals surface area contributed by atoms with Crippen LogP contribution in [0.5, 0.6) is 0 Å². The highest BCUT2D eigenvalue weighted by atomic mass is 16.6. The normalized spacial score (nSPS) is 14.4. The smallest absolute Gasteiger partial charge is 0.408 e. The molecule has 0 saturated heterocycles. The van der Waals surface area contributed by atoms with Crippen molar-refractivity contribution in [2.24, 2.45) is 0 Å². The Labute approximate surface area is 115 Å². The predicted molar refractivity (Wildman–Crippen MR) is 74.1 cm³/mol. The molecule has 2 N–H and O–H groups in total. The summed E-state index contributed by atoms with van der Waals surface area (Å²) in [4.78, 5) is 22.8. The maximum absolute atomic E-state index is 11.8. The molecule has 0 unspecified atom stereocenters. The second-order valence-electron chi connectivity index (χ2n) is 5.97. The molecule has 0 spiro atoms. The quantitative estimate of drug-likeness (QED) is 0.728. The average Bonchev–Trinajstić information content (AvgIpc) is 2.11. The topological polar surface area (TPSA) is 75.6 Å². The fourth-order valence-corrected chi connectivity index (χ4v) is 1.88. The van der Waals surface area contributed by atoms with Crippen LogP contribution in [-0.4, -0.2) is 28.3 Å². The van der Waals surface area contributed by atoms with E-state index in [1.807, 2.05) is 13.8 Å². The average molecular weight is 271 g/mol. The first-order valence-corrected chi connectivity index (χ1v) is 6.37. The number of hydrogen-bond acceptors (Lipinski definition) is 3. The zero-order chi connectivity index (χ0) is 15.3. The SMILES string of the molecule is C=C(C)C[C@@](CC)(CC(=O)O)NC(=O)OC(C)(C)C. The number of aliphatic carboxylic acids is 1. The van der Waals surface area contributed by atoms with E-state index in [9.17, 15) is 9.59 Å². The number of ether oxygens (including phenoxy) is 1. The number of hydrogen-bond donors (Lipinski definition) is 2. The minimum Gasteiger partial charge on any atom is -0.481 e. The third-order valence-electron chi connectivity index (χ3n) is 2.57. The van der Waals surface area contributed by atoms with Crippen LogP contribution in [0.1, 0.15) is 53.9 Å². The molecule has 0 aliphatic carbocycles. The fourth-order valence-electron chi connectivity index (χ4n) is 1.88. The van der Waals surface area contributed by atoms with E-state index >= 15 is 0 Å². The van der Waals surface area contributed by atoms with Gasteiger partial charge in [0.05, 0.1) is 12.0 Å². The summed E-state index contributed by atoms with van der Waals surface area (Å²) in [5.41, 5.74) is -0.644. The molecule has 0 rings (SSSR count). The summed E-state index contributed by atoms with van der Waals surface area (Å²) >= 11 is 0. The van der Waals surface area contributed by atoms with Gasteiger partial charge in [0.1, 0.15) is 5.60 Å². The molecule has 5 nitrogen and oxygen atoms in total. The Bertz CT molecular complexity index is 339. The van der Waals surface area contributed by atoms with Gasteiger partial charge in [0, 0.05) is 0 Å². The Hall–Kier alpha value is -1.52. The Morgan fingerprint density at radius 1 is 1.26 bits per heavy atom. The van der Waals surface area contributed by atoms with Crippen LogP contribution >= 0.6 is 0 Å². The molecule has 0 fully saturated rings. The van der Waals surface area contributed by atoms with Gasteiger partial charge in [-0.1, -0.05) is 12.5 Å². The first kappa shape index (κ1) is 17.5. The van der Waals surface area contributed by atoms with Crippen LogP contribution in [-0.2, 0) is 9.53 Å². The number of rotatable bonds is 6. The van der Waals surface area contributed by atoms with Gasteiger partial charge in [-0.2, -0.15) is 0 Å².